The van der Waals surface area contributed by atoms with Crippen molar-refractivity contribution in [3.05, 3.63) is 56.9 Å². The summed E-state index contributed by atoms with van der Waals surface area (Å²) in [5.74, 6) is 0. The Bertz CT molecular complexity index is 924. The Morgan fingerprint density at radius 1 is 1.11 bits per heavy atom. The SMILES string of the molecule is N#Cc1c(-c2c[nH]c3ccccc23)[nH]c(=O)[nH]c1=O. The molecule has 6 nitrogen and oxygen atoms in total. The van der Waals surface area contributed by atoms with Crippen LogP contribution in [-0.4, -0.2) is 15.0 Å². The first kappa shape index (κ1) is 11.0. The number of nitriles is 1. The highest BCUT2D eigenvalue weighted by Crippen LogP contribution is 2.27. The van der Waals surface area contributed by atoms with E-state index in [4.69, 9.17) is 5.26 Å². The van der Waals surface area contributed by atoms with Crippen molar-refractivity contribution in [1.29, 1.82) is 5.26 Å². The lowest BCUT2D eigenvalue weighted by molar-refractivity contribution is 1.03. The molecule has 3 aromatic rings. The van der Waals surface area contributed by atoms with Crippen LogP contribution in [0, 0.1) is 11.3 Å². The van der Waals surface area contributed by atoms with Gasteiger partial charge in [0, 0.05) is 22.7 Å². The molecule has 0 amide bonds. The lowest BCUT2D eigenvalue weighted by Gasteiger charge is -2.01. The first-order valence-corrected chi connectivity index (χ1v) is 5.54. The fourth-order valence-corrected chi connectivity index (χ4v) is 2.07. The van der Waals surface area contributed by atoms with E-state index < -0.39 is 11.2 Å². The minimum absolute atomic E-state index is 0.107. The normalized spacial score (nSPS) is 10.5. The zero-order valence-corrected chi connectivity index (χ0v) is 9.65. The van der Waals surface area contributed by atoms with Gasteiger partial charge in [-0.3, -0.25) is 9.78 Å². The van der Waals surface area contributed by atoms with Crippen LogP contribution in [0.25, 0.3) is 22.2 Å². The van der Waals surface area contributed by atoms with Gasteiger partial charge in [-0.15, -0.1) is 0 Å². The van der Waals surface area contributed by atoms with E-state index in [2.05, 4.69) is 9.97 Å². The fourth-order valence-electron chi connectivity index (χ4n) is 2.07. The van der Waals surface area contributed by atoms with Crippen molar-refractivity contribution in [2.75, 3.05) is 0 Å². The summed E-state index contributed by atoms with van der Waals surface area (Å²) in [7, 11) is 0. The molecule has 92 valence electrons. The summed E-state index contributed by atoms with van der Waals surface area (Å²) in [6, 6.07) is 9.25. The van der Waals surface area contributed by atoms with E-state index in [0.29, 0.717) is 5.56 Å². The zero-order valence-electron chi connectivity index (χ0n) is 9.65. The summed E-state index contributed by atoms with van der Waals surface area (Å²) in [6.07, 6.45) is 1.66. The van der Waals surface area contributed by atoms with Gasteiger partial charge in [0.1, 0.15) is 11.6 Å². The van der Waals surface area contributed by atoms with Crippen molar-refractivity contribution in [2.24, 2.45) is 0 Å². The monoisotopic (exact) mass is 252 g/mol. The van der Waals surface area contributed by atoms with Crippen molar-refractivity contribution in [3.63, 3.8) is 0 Å². The first-order chi connectivity index (χ1) is 9.20. The number of benzene rings is 1. The molecule has 0 atom stereocenters. The van der Waals surface area contributed by atoms with Gasteiger partial charge in [-0.05, 0) is 6.07 Å². The number of aromatic nitrogens is 3. The molecular formula is C13H8N4O2. The van der Waals surface area contributed by atoms with Crippen LogP contribution in [0.1, 0.15) is 5.56 Å². The predicted octanol–water partition coefficient (Wildman–Crippen LogP) is 1.08. The second-order valence-electron chi connectivity index (χ2n) is 4.02. The Hall–Kier alpha value is -3.07. The molecule has 0 spiro atoms. The quantitative estimate of drug-likeness (QED) is 0.603. The number of nitrogens with zero attached hydrogens (tertiary/aromatic N) is 1. The summed E-state index contributed by atoms with van der Waals surface area (Å²) in [6.45, 7) is 0. The standard InChI is InChI=1S/C13H8N4O2/c14-5-8-11(16-13(19)17-12(8)18)9-6-15-10-4-2-1-3-7(9)10/h1-4,6,15H,(H2,16,17,18,19). The van der Waals surface area contributed by atoms with Crippen LogP contribution in [0.4, 0.5) is 0 Å². The Kier molecular flexibility index (Phi) is 2.32. The number of fused-ring (bicyclic) bond motifs is 1. The van der Waals surface area contributed by atoms with Gasteiger partial charge in [0.15, 0.2) is 0 Å². The minimum atomic E-state index is -0.688. The highest BCUT2D eigenvalue weighted by molar-refractivity contribution is 5.95. The number of aromatic amines is 3. The Labute approximate surface area is 106 Å². The molecule has 0 aliphatic carbocycles. The Morgan fingerprint density at radius 2 is 1.89 bits per heavy atom. The lowest BCUT2D eigenvalue weighted by Crippen LogP contribution is -2.25. The topological polar surface area (TPSA) is 105 Å². The first-order valence-electron chi connectivity index (χ1n) is 5.54. The van der Waals surface area contributed by atoms with E-state index in [0.717, 1.165) is 10.9 Å². The molecule has 0 aliphatic rings. The van der Waals surface area contributed by atoms with Crippen LogP contribution >= 0.6 is 0 Å². The third-order valence-electron chi connectivity index (χ3n) is 2.91. The number of hydrogen-bond donors (Lipinski definition) is 3. The molecule has 2 heterocycles. The van der Waals surface area contributed by atoms with Crippen molar-refractivity contribution < 1.29 is 0 Å². The predicted molar refractivity (Wildman–Crippen MR) is 69.7 cm³/mol. The summed E-state index contributed by atoms with van der Waals surface area (Å²) in [4.78, 5) is 30.6. The van der Waals surface area contributed by atoms with Crippen molar-refractivity contribution in [3.8, 4) is 17.3 Å². The van der Waals surface area contributed by atoms with Crippen LogP contribution in [0.5, 0.6) is 0 Å². The zero-order chi connectivity index (χ0) is 13.4. The molecule has 0 bridgehead atoms. The number of hydrogen-bond acceptors (Lipinski definition) is 3. The third-order valence-corrected chi connectivity index (χ3v) is 2.91. The van der Waals surface area contributed by atoms with E-state index >= 15 is 0 Å². The molecule has 0 unspecified atom stereocenters. The smallest absolute Gasteiger partial charge is 0.326 e. The van der Waals surface area contributed by atoms with Gasteiger partial charge in [0.05, 0.1) is 5.69 Å². The molecule has 0 radical (unpaired) electrons. The van der Waals surface area contributed by atoms with Gasteiger partial charge >= 0.3 is 5.69 Å². The summed E-state index contributed by atoms with van der Waals surface area (Å²) in [5, 5.41) is 9.89. The van der Waals surface area contributed by atoms with Gasteiger partial charge in [-0.2, -0.15) is 5.26 Å². The van der Waals surface area contributed by atoms with Gasteiger partial charge in [0.25, 0.3) is 5.56 Å². The number of para-hydroxylation sites is 1. The summed E-state index contributed by atoms with van der Waals surface area (Å²) >= 11 is 0. The fraction of sp³-hybridized carbons (Fsp3) is 0. The van der Waals surface area contributed by atoms with Crippen molar-refractivity contribution in [1.82, 2.24) is 15.0 Å². The van der Waals surface area contributed by atoms with Crippen LogP contribution in [0.15, 0.2) is 40.1 Å². The van der Waals surface area contributed by atoms with Gasteiger partial charge < -0.3 is 9.97 Å². The van der Waals surface area contributed by atoms with E-state index in [1.807, 2.05) is 35.3 Å². The van der Waals surface area contributed by atoms with E-state index in [-0.39, 0.29) is 11.3 Å². The average molecular weight is 252 g/mol. The van der Waals surface area contributed by atoms with Gasteiger partial charge in [0.2, 0.25) is 0 Å². The molecule has 0 aliphatic heterocycles. The number of nitrogens with one attached hydrogen (secondary N) is 3. The second kappa shape index (κ2) is 3.99. The molecular weight excluding hydrogens is 244 g/mol. The van der Waals surface area contributed by atoms with Crippen LogP contribution < -0.4 is 11.2 Å². The molecule has 0 fully saturated rings. The Balaban J connectivity index is 2.43. The Morgan fingerprint density at radius 3 is 2.68 bits per heavy atom. The average Bonchev–Trinajstić information content (AvgIpc) is 2.81. The molecule has 0 saturated carbocycles. The summed E-state index contributed by atoms with van der Waals surface area (Å²) in [5.41, 5.74) is 0.284. The molecule has 0 saturated heterocycles. The molecule has 6 heteroatoms. The highest BCUT2D eigenvalue weighted by atomic mass is 16.2. The van der Waals surface area contributed by atoms with E-state index in [9.17, 15) is 9.59 Å². The molecule has 19 heavy (non-hydrogen) atoms. The maximum Gasteiger partial charge on any atom is 0.326 e. The van der Waals surface area contributed by atoms with Gasteiger partial charge in [-0.25, -0.2) is 4.79 Å². The van der Waals surface area contributed by atoms with Crippen molar-refractivity contribution >= 4 is 10.9 Å². The van der Waals surface area contributed by atoms with Crippen LogP contribution in [0.3, 0.4) is 0 Å². The van der Waals surface area contributed by atoms with Crippen LogP contribution in [0.2, 0.25) is 0 Å². The van der Waals surface area contributed by atoms with E-state index in [1.54, 1.807) is 6.20 Å². The second-order valence-corrected chi connectivity index (χ2v) is 4.02. The number of H-pyrrole nitrogens is 3. The van der Waals surface area contributed by atoms with Crippen molar-refractivity contribution in [2.45, 2.75) is 0 Å². The van der Waals surface area contributed by atoms with E-state index in [1.165, 1.54) is 0 Å². The third kappa shape index (κ3) is 1.65. The molecule has 2 aromatic heterocycles. The molecule has 3 rings (SSSR count). The van der Waals surface area contributed by atoms with Crippen LogP contribution in [-0.2, 0) is 0 Å². The number of rotatable bonds is 1. The maximum atomic E-state index is 11.6. The summed E-state index contributed by atoms with van der Waals surface area (Å²) < 4.78 is 0. The molecule has 3 N–H and O–H groups in total. The molecule has 1 aromatic carbocycles. The lowest BCUT2D eigenvalue weighted by atomic mass is 10.1. The minimum Gasteiger partial charge on any atom is -0.360 e. The maximum absolute atomic E-state index is 11.6. The van der Waals surface area contributed by atoms with Gasteiger partial charge in [-0.1, -0.05) is 18.2 Å². The highest BCUT2D eigenvalue weighted by Gasteiger charge is 2.14. The largest absolute Gasteiger partial charge is 0.360 e.